The molecule has 2 N–H and O–H groups in total. The highest BCUT2D eigenvalue weighted by Gasteiger charge is 2.12. The quantitative estimate of drug-likeness (QED) is 0.309. The van der Waals surface area contributed by atoms with Crippen molar-refractivity contribution in [1.82, 2.24) is 9.88 Å². The van der Waals surface area contributed by atoms with Crippen LogP contribution in [0.3, 0.4) is 0 Å². The van der Waals surface area contributed by atoms with Gasteiger partial charge >= 0.3 is 0 Å². The Morgan fingerprint density at radius 3 is 2.63 bits per heavy atom. The van der Waals surface area contributed by atoms with Gasteiger partial charge in [0, 0.05) is 42.1 Å². The standard InChI is InChI=1S/C24H27ClN4O/c1-3-29(15-13-20-9-6-7-14-26-20)24(27-17-19-8-4-5-10-22(19)25)28-23-12-11-21(30)16-18(23)2/h4-12,14,16,30H,3,13,15,17H2,1-2H3,(H,27,28). The predicted octanol–water partition coefficient (Wildman–Crippen LogP) is 5.28. The molecule has 0 spiro atoms. The number of likely N-dealkylation sites (N-methyl/N-ethyl adjacent to an activating group) is 1. The van der Waals surface area contributed by atoms with Gasteiger partial charge in [-0.1, -0.05) is 35.9 Å². The molecular weight excluding hydrogens is 396 g/mol. The number of phenols is 1. The van der Waals surface area contributed by atoms with Crippen LogP contribution in [0.15, 0.2) is 71.9 Å². The zero-order valence-electron chi connectivity index (χ0n) is 17.3. The van der Waals surface area contributed by atoms with E-state index in [9.17, 15) is 5.11 Å². The number of halogens is 1. The van der Waals surface area contributed by atoms with Crippen LogP contribution in [0, 0.1) is 6.92 Å². The first kappa shape index (κ1) is 21.7. The highest BCUT2D eigenvalue weighted by molar-refractivity contribution is 6.31. The SMILES string of the molecule is CCN(CCc1ccccn1)C(=NCc1ccccc1Cl)Nc1ccc(O)cc1C. The molecule has 0 unspecified atom stereocenters. The van der Waals surface area contributed by atoms with Crippen molar-refractivity contribution < 1.29 is 5.11 Å². The van der Waals surface area contributed by atoms with Crippen LogP contribution in [0.5, 0.6) is 5.75 Å². The first-order chi connectivity index (χ1) is 14.6. The van der Waals surface area contributed by atoms with E-state index in [1.54, 1.807) is 12.1 Å². The average Bonchev–Trinajstić information content (AvgIpc) is 2.75. The molecule has 2 aromatic carbocycles. The molecule has 6 heteroatoms. The molecule has 0 radical (unpaired) electrons. The number of anilines is 1. The number of pyridine rings is 1. The maximum atomic E-state index is 9.73. The summed E-state index contributed by atoms with van der Waals surface area (Å²) in [6, 6.07) is 19.0. The van der Waals surface area contributed by atoms with Crippen molar-refractivity contribution in [3.8, 4) is 5.75 Å². The first-order valence-electron chi connectivity index (χ1n) is 10.1. The summed E-state index contributed by atoms with van der Waals surface area (Å²) in [4.78, 5) is 11.5. The normalized spacial score (nSPS) is 11.4. The van der Waals surface area contributed by atoms with Gasteiger partial charge in [0.15, 0.2) is 5.96 Å². The lowest BCUT2D eigenvalue weighted by molar-refractivity contribution is 0.439. The Labute approximate surface area is 183 Å². The third-order valence-electron chi connectivity index (χ3n) is 4.86. The summed E-state index contributed by atoms with van der Waals surface area (Å²) in [5.41, 5.74) is 3.87. The van der Waals surface area contributed by atoms with E-state index in [0.717, 1.165) is 48.0 Å². The second-order valence-electron chi connectivity index (χ2n) is 7.01. The molecule has 0 atom stereocenters. The van der Waals surface area contributed by atoms with Crippen LogP contribution in [0.4, 0.5) is 5.69 Å². The molecule has 0 saturated carbocycles. The second-order valence-corrected chi connectivity index (χ2v) is 7.41. The Balaban J connectivity index is 1.84. The zero-order valence-corrected chi connectivity index (χ0v) is 18.1. The van der Waals surface area contributed by atoms with E-state index in [-0.39, 0.29) is 5.75 Å². The fraction of sp³-hybridized carbons (Fsp3) is 0.250. The van der Waals surface area contributed by atoms with E-state index < -0.39 is 0 Å². The lowest BCUT2D eigenvalue weighted by Gasteiger charge is -2.26. The van der Waals surface area contributed by atoms with Crippen LogP contribution < -0.4 is 5.32 Å². The average molecular weight is 423 g/mol. The van der Waals surface area contributed by atoms with Gasteiger partial charge < -0.3 is 15.3 Å². The number of hydrogen-bond acceptors (Lipinski definition) is 3. The molecule has 0 amide bonds. The van der Waals surface area contributed by atoms with Gasteiger partial charge in [-0.05, 0) is 61.4 Å². The first-order valence-corrected chi connectivity index (χ1v) is 10.4. The molecule has 0 bridgehead atoms. The van der Waals surface area contributed by atoms with Crippen molar-refractivity contribution in [3.05, 3.63) is 88.7 Å². The molecule has 3 rings (SSSR count). The van der Waals surface area contributed by atoms with Gasteiger partial charge in [0.1, 0.15) is 5.75 Å². The minimum Gasteiger partial charge on any atom is -0.508 e. The third kappa shape index (κ3) is 5.97. The van der Waals surface area contributed by atoms with Gasteiger partial charge in [-0.15, -0.1) is 0 Å². The Morgan fingerprint density at radius 1 is 1.13 bits per heavy atom. The smallest absolute Gasteiger partial charge is 0.198 e. The Kier molecular flexibility index (Phi) is 7.69. The zero-order chi connectivity index (χ0) is 21.3. The van der Waals surface area contributed by atoms with Crippen LogP contribution in [0.25, 0.3) is 0 Å². The lowest BCUT2D eigenvalue weighted by atomic mass is 10.2. The molecule has 1 aromatic heterocycles. The van der Waals surface area contributed by atoms with E-state index in [1.807, 2.05) is 61.7 Å². The summed E-state index contributed by atoms with van der Waals surface area (Å²) >= 11 is 6.33. The molecule has 5 nitrogen and oxygen atoms in total. The Morgan fingerprint density at radius 2 is 1.93 bits per heavy atom. The number of nitrogens with zero attached hydrogens (tertiary/aromatic N) is 3. The Hall–Kier alpha value is -3.05. The summed E-state index contributed by atoms with van der Waals surface area (Å²) in [7, 11) is 0. The van der Waals surface area contributed by atoms with Crippen molar-refractivity contribution in [2.75, 3.05) is 18.4 Å². The summed E-state index contributed by atoms with van der Waals surface area (Å²) in [6.45, 7) is 6.10. The van der Waals surface area contributed by atoms with Crippen LogP contribution in [0.1, 0.15) is 23.7 Å². The number of aromatic nitrogens is 1. The summed E-state index contributed by atoms with van der Waals surface area (Å²) in [5.74, 6) is 1.01. The molecule has 0 aliphatic rings. The van der Waals surface area contributed by atoms with Crippen LogP contribution in [0.2, 0.25) is 5.02 Å². The van der Waals surface area contributed by atoms with E-state index in [4.69, 9.17) is 16.6 Å². The van der Waals surface area contributed by atoms with Gasteiger partial charge in [-0.25, -0.2) is 4.99 Å². The number of aromatic hydroxyl groups is 1. The molecule has 0 aliphatic carbocycles. The van der Waals surface area contributed by atoms with Gasteiger partial charge in [0.05, 0.1) is 6.54 Å². The molecule has 0 saturated heterocycles. The van der Waals surface area contributed by atoms with Crippen LogP contribution in [-0.2, 0) is 13.0 Å². The summed E-state index contributed by atoms with van der Waals surface area (Å²) in [6.07, 6.45) is 2.63. The van der Waals surface area contributed by atoms with E-state index >= 15 is 0 Å². The topological polar surface area (TPSA) is 60.8 Å². The van der Waals surface area contributed by atoms with Gasteiger partial charge in [0.25, 0.3) is 0 Å². The fourth-order valence-electron chi connectivity index (χ4n) is 3.12. The van der Waals surface area contributed by atoms with Crippen molar-refractivity contribution >= 4 is 23.2 Å². The minimum atomic E-state index is 0.245. The number of hydrogen-bond donors (Lipinski definition) is 2. The van der Waals surface area contributed by atoms with E-state index in [0.29, 0.717) is 11.6 Å². The van der Waals surface area contributed by atoms with Crippen molar-refractivity contribution in [2.24, 2.45) is 4.99 Å². The number of aryl methyl sites for hydroxylation is 1. The monoisotopic (exact) mass is 422 g/mol. The van der Waals surface area contributed by atoms with Crippen molar-refractivity contribution in [1.29, 1.82) is 0 Å². The fourth-order valence-corrected chi connectivity index (χ4v) is 3.32. The van der Waals surface area contributed by atoms with Crippen molar-refractivity contribution in [3.63, 3.8) is 0 Å². The highest BCUT2D eigenvalue weighted by atomic mass is 35.5. The maximum absolute atomic E-state index is 9.73. The van der Waals surface area contributed by atoms with Crippen LogP contribution in [-0.4, -0.2) is 34.0 Å². The molecule has 1 heterocycles. The molecular formula is C24H27ClN4O. The number of guanidine groups is 1. The van der Waals surface area contributed by atoms with Crippen LogP contribution >= 0.6 is 11.6 Å². The molecule has 3 aromatic rings. The highest BCUT2D eigenvalue weighted by Crippen LogP contribution is 2.21. The van der Waals surface area contributed by atoms with E-state index in [2.05, 4.69) is 22.1 Å². The minimum absolute atomic E-state index is 0.245. The maximum Gasteiger partial charge on any atom is 0.198 e. The number of nitrogens with one attached hydrogen (secondary N) is 1. The number of rotatable bonds is 7. The van der Waals surface area contributed by atoms with E-state index in [1.165, 1.54) is 0 Å². The lowest BCUT2D eigenvalue weighted by Crippen LogP contribution is -2.38. The van der Waals surface area contributed by atoms with Gasteiger partial charge in [0.2, 0.25) is 0 Å². The molecule has 30 heavy (non-hydrogen) atoms. The van der Waals surface area contributed by atoms with Gasteiger partial charge in [-0.3, -0.25) is 4.98 Å². The predicted molar refractivity (Wildman–Crippen MR) is 124 cm³/mol. The number of aliphatic imine (C=N–C) groups is 1. The second kappa shape index (κ2) is 10.6. The summed E-state index contributed by atoms with van der Waals surface area (Å²) < 4.78 is 0. The third-order valence-corrected chi connectivity index (χ3v) is 5.23. The van der Waals surface area contributed by atoms with Crippen molar-refractivity contribution in [2.45, 2.75) is 26.8 Å². The summed E-state index contributed by atoms with van der Waals surface area (Å²) in [5, 5.41) is 13.9. The number of benzene rings is 2. The molecule has 0 fully saturated rings. The van der Waals surface area contributed by atoms with Gasteiger partial charge in [-0.2, -0.15) is 0 Å². The largest absolute Gasteiger partial charge is 0.508 e. The molecule has 0 aliphatic heterocycles. The molecule has 156 valence electrons. The Bertz CT molecular complexity index is 992. The number of phenolic OH excluding ortho intramolecular Hbond substituents is 1.